The zero-order valence-corrected chi connectivity index (χ0v) is 20.9. The van der Waals surface area contributed by atoms with Gasteiger partial charge in [-0.25, -0.2) is 4.68 Å². The van der Waals surface area contributed by atoms with Crippen LogP contribution in [0.25, 0.3) is 11.3 Å². The summed E-state index contributed by atoms with van der Waals surface area (Å²) in [5, 5.41) is 15.4. The number of rotatable bonds is 13. The maximum absolute atomic E-state index is 10.6. The number of nitrogens with zero attached hydrogens (tertiary/aromatic N) is 3. The van der Waals surface area contributed by atoms with Gasteiger partial charge in [0, 0.05) is 25.7 Å². The van der Waals surface area contributed by atoms with E-state index in [-0.39, 0.29) is 6.10 Å². The van der Waals surface area contributed by atoms with Gasteiger partial charge in [0.1, 0.15) is 17.2 Å². The number of ether oxygens (including phenoxy) is 3. The molecule has 0 amide bonds. The topological polar surface area (TPSA) is 69.0 Å². The van der Waals surface area contributed by atoms with E-state index in [2.05, 4.69) is 24.0 Å². The molecule has 184 valence electrons. The fourth-order valence-electron chi connectivity index (χ4n) is 3.83. The van der Waals surface area contributed by atoms with E-state index < -0.39 is 6.10 Å². The maximum Gasteiger partial charge on any atom is 0.222 e. The standard InChI is InChI=1S/C27H37N3O4/c1-6-16-30(17-22(31)19-33-20(2)3)18-25-26(21-10-8-7-9-11-21)28-29(4)27(25)34-24-14-12-23(32-5)13-15-24/h7-15,20,22,31H,6,16-19H2,1-5H3/t22-/m0/s1. The Morgan fingerprint density at radius 1 is 1.03 bits per heavy atom. The third kappa shape index (κ3) is 7.06. The fourth-order valence-corrected chi connectivity index (χ4v) is 3.83. The maximum atomic E-state index is 10.6. The highest BCUT2D eigenvalue weighted by Crippen LogP contribution is 2.34. The summed E-state index contributed by atoms with van der Waals surface area (Å²) in [6, 6.07) is 17.6. The molecular formula is C27H37N3O4. The minimum Gasteiger partial charge on any atom is -0.497 e. The van der Waals surface area contributed by atoms with Crippen LogP contribution in [0.15, 0.2) is 54.6 Å². The Bertz CT molecular complexity index is 1000. The number of aryl methyl sites for hydroxylation is 1. The van der Waals surface area contributed by atoms with E-state index in [0.29, 0.717) is 31.3 Å². The SMILES string of the molecule is CCCN(Cc1c(-c2ccccc2)nn(C)c1Oc1ccc(OC)cc1)C[C@H](O)COC(C)C. The Hall–Kier alpha value is -2.87. The minimum atomic E-state index is -0.572. The Balaban J connectivity index is 1.92. The molecule has 1 atom stereocenters. The highest BCUT2D eigenvalue weighted by Gasteiger charge is 2.23. The summed E-state index contributed by atoms with van der Waals surface area (Å²) in [7, 11) is 3.54. The normalized spacial score (nSPS) is 12.4. The van der Waals surface area contributed by atoms with Gasteiger partial charge in [0.15, 0.2) is 0 Å². The Morgan fingerprint density at radius 3 is 2.32 bits per heavy atom. The van der Waals surface area contributed by atoms with Crippen LogP contribution in [0.5, 0.6) is 17.4 Å². The quantitative estimate of drug-likeness (QED) is 0.386. The number of aromatic nitrogens is 2. The van der Waals surface area contributed by atoms with Crippen molar-refractivity contribution in [1.29, 1.82) is 0 Å². The fraction of sp³-hybridized carbons (Fsp3) is 0.444. The van der Waals surface area contributed by atoms with Crippen molar-refractivity contribution in [2.45, 2.75) is 45.9 Å². The summed E-state index contributed by atoms with van der Waals surface area (Å²) < 4.78 is 19.0. The molecule has 1 heterocycles. The van der Waals surface area contributed by atoms with Gasteiger partial charge < -0.3 is 19.3 Å². The molecule has 0 aliphatic carbocycles. The van der Waals surface area contributed by atoms with E-state index in [9.17, 15) is 5.11 Å². The van der Waals surface area contributed by atoms with Crippen LogP contribution in [-0.2, 0) is 18.3 Å². The highest BCUT2D eigenvalue weighted by atomic mass is 16.5. The molecule has 0 fully saturated rings. The molecule has 1 N–H and O–H groups in total. The number of hydrogen-bond donors (Lipinski definition) is 1. The summed E-state index contributed by atoms with van der Waals surface area (Å²) in [4.78, 5) is 2.23. The van der Waals surface area contributed by atoms with Crippen LogP contribution >= 0.6 is 0 Å². The molecule has 1 aromatic heterocycles. The van der Waals surface area contributed by atoms with Crippen molar-refractivity contribution >= 4 is 0 Å². The molecule has 0 spiro atoms. The summed E-state index contributed by atoms with van der Waals surface area (Å²) in [5.74, 6) is 2.16. The van der Waals surface area contributed by atoms with Gasteiger partial charge in [-0.05, 0) is 51.1 Å². The lowest BCUT2D eigenvalue weighted by atomic mass is 10.1. The van der Waals surface area contributed by atoms with Crippen LogP contribution < -0.4 is 9.47 Å². The molecule has 3 rings (SSSR count). The second-order valence-electron chi connectivity index (χ2n) is 8.67. The first kappa shape index (κ1) is 25.7. The third-order valence-corrected chi connectivity index (χ3v) is 5.42. The van der Waals surface area contributed by atoms with Gasteiger partial charge in [0.25, 0.3) is 0 Å². The summed E-state index contributed by atoms with van der Waals surface area (Å²) in [6.07, 6.45) is 0.478. The zero-order chi connectivity index (χ0) is 24.5. The molecule has 7 nitrogen and oxygen atoms in total. The van der Waals surface area contributed by atoms with Crippen LogP contribution in [-0.4, -0.2) is 58.8 Å². The van der Waals surface area contributed by atoms with E-state index >= 15 is 0 Å². The predicted molar refractivity (Wildman–Crippen MR) is 134 cm³/mol. The molecule has 2 aromatic carbocycles. The first-order valence-electron chi connectivity index (χ1n) is 11.9. The molecule has 0 unspecified atom stereocenters. The van der Waals surface area contributed by atoms with Crippen LogP contribution in [0.4, 0.5) is 0 Å². The monoisotopic (exact) mass is 467 g/mol. The number of benzene rings is 2. The van der Waals surface area contributed by atoms with Gasteiger partial charge in [0.05, 0.1) is 31.5 Å². The molecule has 7 heteroatoms. The van der Waals surface area contributed by atoms with Crippen molar-refractivity contribution in [2.24, 2.45) is 7.05 Å². The third-order valence-electron chi connectivity index (χ3n) is 5.42. The van der Waals surface area contributed by atoms with E-state index in [1.807, 2.05) is 63.4 Å². The largest absolute Gasteiger partial charge is 0.497 e. The lowest BCUT2D eigenvalue weighted by molar-refractivity contribution is -0.00953. The van der Waals surface area contributed by atoms with Crippen molar-refractivity contribution in [1.82, 2.24) is 14.7 Å². The average Bonchev–Trinajstić information content (AvgIpc) is 3.13. The molecule has 0 bridgehead atoms. The zero-order valence-electron chi connectivity index (χ0n) is 20.9. The van der Waals surface area contributed by atoms with Gasteiger partial charge >= 0.3 is 0 Å². The first-order valence-corrected chi connectivity index (χ1v) is 11.9. The van der Waals surface area contributed by atoms with Gasteiger partial charge in [-0.3, -0.25) is 4.90 Å². The molecule has 0 saturated heterocycles. The van der Waals surface area contributed by atoms with Crippen molar-refractivity contribution in [3.05, 3.63) is 60.2 Å². The second-order valence-corrected chi connectivity index (χ2v) is 8.67. The molecular weight excluding hydrogens is 430 g/mol. The molecule has 0 aliphatic heterocycles. The summed E-state index contributed by atoms with van der Waals surface area (Å²) in [5.41, 5.74) is 2.88. The van der Waals surface area contributed by atoms with E-state index in [1.54, 1.807) is 11.8 Å². The Labute approximate surface area is 202 Å². The molecule has 0 saturated carbocycles. The molecule has 3 aromatic rings. The van der Waals surface area contributed by atoms with Gasteiger partial charge in [-0.15, -0.1) is 0 Å². The number of aliphatic hydroxyl groups excluding tert-OH is 1. The van der Waals surface area contributed by atoms with Crippen LogP contribution in [0, 0.1) is 0 Å². The number of methoxy groups -OCH3 is 1. The van der Waals surface area contributed by atoms with Crippen molar-refractivity contribution in [2.75, 3.05) is 26.8 Å². The van der Waals surface area contributed by atoms with E-state index in [1.165, 1.54) is 0 Å². The van der Waals surface area contributed by atoms with Crippen LogP contribution in [0.3, 0.4) is 0 Å². The van der Waals surface area contributed by atoms with E-state index in [4.69, 9.17) is 19.3 Å². The number of aliphatic hydroxyl groups is 1. The summed E-state index contributed by atoms with van der Waals surface area (Å²) >= 11 is 0. The van der Waals surface area contributed by atoms with E-state index in [0.717, 1.165) is 35.5 Å². The first-order chi connectivity index (χ1) is 16.4. The van der Waals surface area contributed by atoms with Gasteiger partial charge in [-0.2, -0.15) is 5.10 Å². The molecule has 0 aliphatic rings. The Kier molecular flexibility index (Phi) is 9.51. The van der Waals surface area contributed by atoms with Crippen molar-refractivity contribution in [3.8, 4) is 28.6 Å². The number of hydrogen-bond acceptors (Lipinski definition) is 6. The minimum absolute atomic E-state index is 0.0850. The lowest BCUT2D eigenvalue weighted by Gasteiger charge is -2.25. The second kappa shape index (κ2) is 12.6. The Morgan fingerprint density at radius 2 is 1.71 bits per heavy atom. The van der Waals surface area contributed by atoms with Crippen molar-refractivity contribution in [3.63, 3.8) is 0 Å². The lowest BCUT2D eigenvalue weighted by Crippen LogP contribution is -2.35. The molecule has 0 radical (unpaired) electrons. The molecule has 34 heavy (non-hydrogen) atoms. The van der Waals surface area contributed by atoms with Crippen molar-refractivity contribution < 1.29 is 19.3 Å². The smallest absolute Gasteiger partial charge is 0.222 e. The van der Waals surface area contributed by atoms with Crippen LogP contribution in [0.1, 0.15) is 32.8 Å². The highest BCUT2D eigenvalue weighted by molar-refractivity contribution is 5.65. The summed E-state index contributed by atoms with van der Waals surface area (Å²) in [6.45, 7) is 8.33. The van der Waals surface area contributed by atoms with Gasteiger partial charge in [-0.1, -0.05) is 37.3 Å². The average molecular weight is 468 g/mol. The predicted octanol–water partition coefficient (Wildman–Crippen LogP) is 4.89. The van der Waals surface area contributed by atoms with Crippen LogP contribution in [0.2, 0.25) is 0 Å². The van der Waals surface area contributed by atoms with Gasteiger partial charge in [0.2, 0.25) is 5.88 Å².